The number of benzene rings is 2. The van der Waals surface area contributed by atoms with Crippen LogP contribution in [0.2, 0.25) is 0 Å². The lowest BCUT2D eigenvalue weighted by atomic mass is 9.88. The van der Waals surface area contributed by atoms with Gasteiger partial charge >= 0.3 is 0 Å². The molecule has 3 heterocycles. The maximum absolute atomic E-state index is 13.3. The molecule has 0 bridgehead atoms. The Morgan fingerprint density at radius 3 is 2.22 bits per heavy atom. The van der Waals surface area contributed by atoms with E-state index in [-0.39, 0.29) is 11.8 Å². The van der Waals surface area contributed by atoms with Gasteiger partial charge in [0.05, 0.1) is 19.9 Å². The molecule has 36 heavy (non-hydrogen) atoms. The Bertz CT molecular complexity index is 1320. The third kappa shape index (κ3) is 4.91. The fourth-order valence-corrected chi connectivity index (χ4v) is 4.65. The van der Waals surface area contributed by atoms with Crippen LogP contribution >= 0.6 is 0 Å². The molecule has 2 aromatic carbocycles. The van der Waals surface area contributed by atoms with Crippen LogP contribution in [0.5, 0.6) is 11.5 Å². The molecule has 0 aliphatic carbocycles. The van der Waals surface area contributed by atoms with E-state index in [0.29, 0.717) is 36.0 Å². The van der Waals surface area contributed by atoms with Crippen LogP contribution in [0.3, 0.4) is 0 Å². The van der Waals surface area contributed by atoms with Crippen molar-refractivity contribution in [2.45, 2.75) is 18.8 Å². The highest BCUT2D eigenvalue weighted by Crippen LogP contribution is 2.35. The van der Waals surface area contributed by atoms with E-state index in [1.54, 1.807) is 44.8 Å². The Labute approximate surface area is 210 Å². The van der Waals surface area contributed by atoms with Gasteiger partial charge in [-0.05, 0) is 42.7 Å². The van der Waals surface area contributed by atoms with Gasteiger partial charge < -0.3 is 14.4 Å². The highest BCUT2D eigenvalue weighted by Gasteiger charge is 2.28. The van der Waals surface area contributed by atoms with E-state index in [1.807, 2.05) is 41.4 Å². The Balaban J connectivity index is 1.41. The lowest BCUT2D eigenvalue weighted by Crippen LogP contribution is -2.38. The molecule has 0 unspecified atom stereocenters. The number of aromatic nitrogens is 3. The SMILES string of the molecule is COc1cc(OC)cc(C(=O)N2CCC(c3nc(-c4cccnc4)ncc3-c3ccccc3)CC2)c1. The topological polar surface area (TPSA) is 77.4 Å². The number of rotatable bonds is 6. The fourth-order valence-electron chi connectivity index (χ4n) is 4.65. The number of ether oxygens (including phenoxy) is 2. The van der Waals surface area contributed by atoms with Crippen LogP contribution in [0.1, 0.15) is 34.8 Å². The molecule has 0 saturated carbocycles. The minimum Gasteiger partial charge on any atom is -0.497 e. The molecular formula is C29H28N4O3. The summed E-state index contributed by atoms with van der Waals surface area (Å²) < 4.78 is 10.7. The van der Waals surface area contributed by atoms with E-state index in [0.717, 1.165) is 35.2 Å². The Kier molecular flexibility index (Phi) is 6.89. The van der Waals surface area contributed by atoms with Crippen molar-refractivity contribution in [3.8, 4) is 34.0 Å². The van der Waals surface area contributed by atoms with Gasteiger partial charge in [-0.25, -0.2) is 9.97 Å². The zero-order chi connectivity index (χ0) is 24.9. The molecule has 1 amide bonds. The number of piperidine rings is 1. The molecular weight excluding hydrogens is 452 g/mol. The maximum Gasteiger partial charge on any atom is 0.254 e. The van der Waals surface area contributed by atoms with Gasteiger partial charge in [-0.3, -0.25) is 9.78 Å². The average molecular weight is 481 g/mol. The molecule has 5 rings (SSSR count). The Morgan fingerprint density at radius 1 is 0.889 bits per heavy atom. The lowest BCUT2D eigenvalue weighted by Gasteiger charge is -2.32. The first-order chi connectivity index (χ1) is 17.7. The third-order valence-electron chi connectivity index (χ3n) is 6.59. The number of hydrogen-bond donors (Lipinski definition) is 0. The Hall–Kier alpha value is -4.26. The van der Waals surface area contributed by atoms with Gasteiger partial charge in [-0.2, -0.15) is 0 Å². The number of carbonyl (C=O) groups is 1. The van der Waals surface area contributed by atoms with Gasteiger partial charge in [0, 0.05) is 60.4 Å². The normalized spacial score (nSPS) is 13.9. The van der Waals surface area contributed by atoms with Crippen molar-refractivity contribution in [1.29, 1.82) is 0 Å². The van der Waals surface area contributed by atoms with Crippen LogP contribution in [0.15, 0.2) is 79.3 Å². The zero-order valence-corrected chi connectivity index (χ0v) is 20.4. The summed E-state index contributed by atoms with van der Waals surface area (Å²) in [4.78, 5) is 29.1. The molecule has 0 atom stereocenters. The summed E-state index contributed by atoms with van der Waals surface area (Å²) in [5.74, 6) is 2.06. The van der Waals surface area contributed by atoms with Gasteiger partial charge in [-0.1, -0.05) is 30.3 Å². The minimum atomic E-state index is -0.0207. The van der Waals surface area contributed by atoms with Crippen LogP contribution in [0.4, 0.5) is 0 Å². The van der Waals surface area contributed by atoms with E-state index in [4.69, 9.17) is 14.5 Å². The van der Waals surface area contributed by atoms with Crippen LogP contribution in [-0.2, 0) is 0 Å². The number of hydrogen-bond acceptors (Lipinski definition) is 6. The number of pyridine rings is 1. The second-order valence-electron chi connectivity index (χ2n) is 8.77. The smallest absolute Gasteiger partial charge is 0.254 e. The molecule has 0 N–H and O–H groups in total. The molecule has 4 aromatic rings. The molecule has 0 radical (unpaired) electrons. The largest absolute Gasteiger partial charge is 0.497 e. The number of methoxy groups -OCH3 is 2. The van der Waals surface area contributed by atoms with Crippen LogP contribution in [0.25, 0.3) is 22.5 Å². The van der Waals surface area contributed by atoms with Gasteiger partial charge in [0.1, 0.15) is 11.5 Å². The van der Waals surface area contributed by atoms with Gasteiger partial charge in [0.2, 0.25) is 0 Å². The van der Waals surface area contributed by atoms with Crippen molar-refractivity contribution >= 4 is 5.91 Å². The monoisotopic (exact) mass is 480 g/mol. The predicted molar refractivity (Wildman–Crippen MR) is 138 cm³/mol. The molecule has 182 valence electrons. The number of carbonyl (C=O) groups excluding carboxylic acids is 1. The van der Waals surface area contributed by atoms with Crippen molar-refractivity contribution in [1.82, 2.24) is 19.9 Å². The van der Waals surface area contributed by atoms with Crippen LogP contribution in [-0.4, -0.2) is 53.1 Å². The molecule has 1 saturated heterocycles. The maximum atomic E-state index is 13.3. The second-order valence-corrected chi connectivity index (χ2v) is 8.77. The molecule has 7 nitrogen and oxygen atoms in total. The van der Waals surface area contributed by atoms with E-state index in [9.17, 15) is 4.79 Å². The predicted octanol–water partition coefficient (Wildman–Crippen LogP) is 5.24. The summed E-state index contributed by atoms with van der Waals surface area (Å²) in [7, 11) is 3.17. The first-order valence-electron chi connectivity index (χ1n) is 12.0. The van der Waals surface area contributed by atoms with Crippen LogP contribution < -0.4 is 9.47 Å². The van der Waals surface area contributed by atoms with Crippen molar-refractivity contribution in [2.75, 3.05) is 27.3 Å². The summed E-state index contributed by atoms with van der Waals surface area (Å²) in [6.45, 7) is 1.28. The standard InChI is InChI=1S/C29H28N4O3/c1-35-24-15-23(16-25(17-24)36-2)29(34)33-13-10-21(11-14-33)27-26(20-7-4-3-5-8-20)19-31-28(32-27)22-9-6-12-30-18-22/h3-9,12,15-19,21H,10-11,13-14H2,1-2H3. The van der Waals surface area contributed by atoms with Crippen molar-refractivity contribution in [3.63, 3.8) is 0 Å². The number of amides is 1. The lowest BCUT2D eigenvalue weighted by molar-refractivity contribution is 0.0711. The molecule has 1 aliphatic heterocycles. The van der Waals surface area contributed by atoms with Crippen molar-refractivity contribution in [3.05, 3.63) is 90.5 Å². The molecule has 1 aliphatic rings. The summed E-state index contributed by atoms with van der Waals surface area (Å²) in [6, 6.07) is 19.4. The highest BCUT2D eigenvalue weighted by molar-refractivity contribution is 5.95. The first-order valence-corrected chi connectivity index (χ1v) is 12.0. The van der Waals surface area contributed by atoms with Crippen molar-refractivity contribution < 1.29 is 14.3 Å². The van der Waals surface area contributed by atoms with Gasteiger partial charge in [-0.15, -0.1) is 0 Å². The molecule has 1 fully saturated rings. The Morgan fingerprint density at radius 2 is 1.58 bits per heavy atom. The molecule has 7 heteroatoms. The minimum absolute atomic E-state index is 0.0207. The summed E-state index contributed by atoms with van der Waals surface area (Å²) in [5, 5.41) is 0. The van der Waals surface area contributed by atoms with Crippen molar-refractivity contribution in [2.24, 2.45) is 0 Å². The fraction of sp³-hybridized carbons (Fsp3) is 0.241. The summed E-state index contributed by atoms with van der Waals surface area (Å²) in [5.41, 5.74) is 4.59. The first kappa shape index (κ1) is 23.5. The second kappa shape index (κ2) is 10.6. The van der Waals surface area contributed by atoms with E-state index < -0.39 is 0 Å². The summed E-state index contributed by atoms with van der Waals surface area (Å²) >= 11 is 0. The molecule has 2 aromatic heterocycles. The van der Waals surface area contributed by atoms with E-state index in [2.05, 4.69) is 22.1 Å². The quantitative estimate of drug-likeness (QED) is 0.376. The zero-order valence-electron chi connectivity index (χ0n) is 20.4. The number of likely N-dealkylation sites (tertiary alicyclic amines) is 1. The number of nitrogens with zero attached hydrogens (tertiary/aromatic N) is 4. The van der Waals surface area contributed by atoms with Gasteiger partial charge in [0.15, 0.2) is 5.82 Å². The van der Waals surface area contributed by atoms with E-state index >= 15 is 0 Å². The summed E-state index contributed by atoms with van der Waals surface area (Å²) in [6.07, 6.45) is 7.07. The highest BCUT2D eigenvalue weighted by atomic mass is 16.5. The third-order valence-corrected chi connectivity index (χ3v) is 6.59. The van der Waals surface area contributed by atoms with E-state index in [1.165, 1.54) is 0 Å². The molecule has 0 spiro atoms. The average Bonchev–Trinajstić information content (AvgIpc) is 2.97. The van der Waals surface area contributed by atoms with Gasteiger partial charge in [0.25, 0.3) is 5.91 Å². The van der Waals surface area contributed by atoms with Crippen LogP contribution in [0, 0.1) is 0 Å².